The Hall–Kier alpha value is -4.28. The van der Waals surface area contributed by atoms with Crippen LogP contribution in [0.15, 0.2) is 48.5 Å². The predicted octanol–water partition coefficient (Wildman–Crippen LogP) is 2.67. The van der Waals surface area contributed by atoms with Crippen LogP contribution < -0.4 is 10.6 Å². The number of benzene rings is 2. The van der Waals surface area contributed by atoms with Crippen molar-refractivity contribution >= 4 is 35.3 Å². The summed E-state index contributed by atoms with van der Waals surface area (Å²) in [6.45, 7) is 2.80. The number of para-hydroxylation sites is 1. The summed E-state index contributed by atoms with van der Waals surface area (Å²) in [7, 11) is 0. The van der Waals surface area contributed by atoms with Gasteiger partial charge < -0.3 is 14.8 Å². The number of esters is 2. The lowest BCUT2D eigenvalue weighted by atomic mass is 10.1. The molecule has 11 heteroatoms. The highest BCUT2D eigenvalue weighted by Gasteiger charge is 2.24. The van der Waals surface area contributed by atoms with E-state index in [1.54, 1.807) is 37.3 Å². The minimum absolute atomic E-state index is 0.0313. The molecule has 31 heavy (non-hydrogen) atoms. The molecule has 0 aromatic heterocycles. The van der Waals surface area contributed by atoms with Crippen molar-refractivity contribution in [2.75, 3.05) is 11.9 Å². The topological polar surface area (TPSA) is 154 Å². The maximum atomic E-state index is 12.4. The highest BCUT2D eigenvalue weighted by Crippen LogP contribution is 2.19. The van der Waals surface area contributed by atoms with Gasteiger partial charge in [0.25, 0.3) is 11.6 Å². The molecule has 3 amide bonds. The third-order valence-corrected chi connectivity index (χ3v) is 3.80. The lowest BCUT2D eigenvalue weighted by Crippen LogP contribution is -2.41. The summed E-state index contributed by atoms with van der Waals surface area (Å²) in [5.74, 6) is -2.87. The Labute approximate surface area is 176 Å². The summed E-state index contributed by atoms with van der Waals surface area (Å²) in [5.41, 5.74) is -0.634. The minimum atomic E-state index is -1.40. The molecule has 1 atom stereocenters. The fraction of sp³-hybridized carbons (Fsp3) is 0.200. The molecular formula is C20H19N3O8. The van der Waals surface area contributed by atoms with Crippen LogP contribution in [0.5, 0.6) is 0 Å². The molecule has 2 aromatic rings. The average molecular weight is 429 g/mol. The van der Waals surface area contributed by atoms with Crippen LogP contribution in [0, 0.1) is 10.1 Å². The van der Waals surface area contributed by atoms with Crippen LogP contribution in [-0.4, -0.2) is 41.5 Å². The van der Waals surface area contributed by atoms with E-state index in [0.717, 1.165) is 18.2 Å². The summed E-state index contributed by atoms with van der Waals surface area (Å²) >= 11 is 0. The molecule has 0 aliphatic rings. The number of nitro benzene ring substituents is 1. The molecule has 0 bridgehead atoms. The number of non-ortho nitro benzene ring substituents is 1. The Kier molecular flexibility index (Phi) is 7.78. The molecule has 1 unspecified atom stereocenters. The van der Waals surface area contributed by atoms with Crippen molar-refractivity contribution in [3.8, 4) is 0 Å². The third kappa shape index (κ3) is 6.63. The van der Waals surface area contributed by atoms with Gasteiger partial charge in [0.1, 0.15) is 0 Å². The van der Waals surface area contributed by atoms with Gasteiger partial charge in [0.2, 0.25) is 0 Å². The van der Waals surface area contributed by atoms with Crippen molar-refractivity contribution < 1.29 is 33.6 Å². The first-order valence-corrected chi connectivity index (χ1v) is 9.05. The lowest BCUT2D eigenvalue weighted by Gasteiger charge is -2.14. The van der Waals surface area contributed by atoms with Crippen LogP contribution in [0.1, 0.15) is 34.6 Å². The maximum Gasteiger partial charge on any atom is 0.339 e. The van der Waals surface area contributed by atoms with Crippen LogP contribution in [-0.2, 0) is 14.3 Å². The molecule has 2 aromatic carbocycles. The van der Waals surface area contributed by atoms with Gasteiger partial charge in [-0.2, -0.15) is 0 Å². The number of anilines is 1. The summed E-state index contributed by atoms with van der Waals surface area (Å²) < 4.78 is 9.76. The van der Waals surface area contributed by atoms with Crippen molar-refractivity contribution in [1.82, 2.24) is 5.32 Å². The number of carbonyl (C=O) groups is 4. The number of hydrogen-bond acceptors (Lipinski definition) is 8. The normalized spacial score (nSPS) is 11.0. The van der Waals surface area contributed by atoms with Gasteiger partial charge >= 0.3 is 18.0 Å². The molecule has 0 heterocycles. The number of urea groups is 1. The standard InChI is InChI=1S/C20H19N3O8/c1-3-30-18(25)13-9-14(11-16(10-13)23(28)29)19(26)31-12(2)17(24)22-20(27)21-15-7-5-4-6-8-15/h4-12H,3H2,1-2H3,(H2,21,22,24,27). The first-order valence-electron chi connectivity index (χ1n) is 9.05. The number of ether oxygens (including phenoxy) is 2. The van der Waals surface area contributed by atoms with E-state index in [-0.39, 0.29) is 17.7 Å². The zero-order chi connectivity index (χ0) is 23.0. The number of imide groups is 1. The molecule has 2 rings (SSSR count). The molecule has 0 radical (unpaired) electrons. The van der Waals surface area contributed by atoms with Crippen LogP contribution >= 0.6 is 0 Å². The fourth-order valence-corrected chi connectivity index (χ4v) is 2.35. The molecule has 0 fully saturated rings. The van der Waals surface area contributed by atoms with Gasteiger partial charge in [-0.15, -0.1) is 0 Å². The second-order valence-electron chi connectivity index (χ2n) is 6.10. The summed E-state index contributed by atoms with van der Waals surface area (Å²) in [6, 6.07) is 10.4. The second-order valence-corrected chi connectivity index (χ2v) is 6.10. The first kappa shape index (κ1) is 23.0. The SMILES string of the molecule is CCOC(=O)c1cc(C(=O)OC(C)C(=O)NC(=O)Nc2ccccc2)cc([N+](=O)[O-])c1. The Balaban J connectivity index is 2.07. The number of nitro groups is 1. The van der Waals surface area contributed by atoms with Crippen molar-refractivity contribution in [3.63, 3.8) is 0 Å². The molecule has 0 spiro atoms. The molecule has 0 aliphatic carbocycles. The minimum Gasteiger partial charge on any atom is -0.462 e. The maximum absolute atomic E-state index is 12.4. The van der Waals surface area contributed by atoms with Crippen molar-refractivity contribution in [3.05, 3.63) is 69.8 Å². The molecule has 0 saturated heterocycles. The van der Waals surface area contributed by atoms with Gasteiger partial charge in [0.05, 0.1) is 22.7 Å². The average Bonchev–Trinajstić information content (AvgIpc) is 2.74. The van der Waals surface area contributed by atoms with Crippen LogP contribution in [0.4, 0.5) is 16.2 Å². The quantitative estimate of drug-likeness (QED) is 0.387. The smallest absolute Gasteiger partial charge is 0.339 e. The van der Waals surface area contributed by atoms with Crippen molar-refractivity contribution in [2.45, 2.75) is 20.0 Å². The van der Waals surface area contributed by atoms with E-state index in [2.05, 4.69) is 5.32 Å². The third-order valence-electron chi connectivity index (χ3n) is 3.80. The Morgan fingerprint density at radius 3 is 2.23 bits per heavy atom. The molecule has 0 aliphatic heterocycles. The van der Waals surface area contributed by atoms with Gasteiger partial charge in [-0.3, -0.25) is 20.2 Å². The van der Waals surface area contributed by atoms with Gasteiger partial charge in [0.15, 0.2) is 6.10 Å². The van der Waals surface area contributed by atoms with Gasteiger partial charge in [-0.25, -0.2) is 14.4 Å². The molecule has 2 N–H and O–H groups in total. The summed E-state index contributed by atoms with van der Waals surface area (Å²) in [5, 5.41) is 15.5. The van der Waals surface area contributed by atoms with E-state index in [1.807, 2.05) is 5.32 Å². The van der Waals surface area contributed by atoms with Crippen LogP contribution in [0.25, 0.3) is 0 Å². The Morgan fingerprint density at radius 1 is 1.03 bits per heavy atom. The van der Waals surface area contributed by atoms with Gasteiger partial charge in [0, 0.05) is 17.8 Å². The lowest BCUT2D eigenvalue weighted by molar-refractivity contribution is -0.384. The summed E-state index contributed by atoms with van der Waals surface area (Å²) in [4.78, 5) is 58.6. The molecule has 162 valence electrons. The van der Waals surface area contributed by atoms with E-state index < -0.39 is 40.6 Å². The van der Waals surface area contributed by atoms with Gasteiger partial charge in [-0.1, -0.05) is 18.2 Å². The molecular weight excluding hydrogens is 410 g/mol. The van der Waals surface area contributed by atoms with Crippen molar-refractivity contribution in [2.24, 2.45) is 0 Å². The van der Waals surface area contributed by atoms with E-state index in [0.29, 0.717) is 5.69 Å². The zero-order valence-corrected chi connectivity index (χ0v) is 16.6. The number of rotatable bonds is 7. The van der Waals surface area contributed by atoms with E-state index in [1.165, 1.54) is 6.92 Å². The second kappa shape index (κ2) is 10.5. The van der Waals surface area contributed by atoms with Crippen LogP contribution in [0.2, 0.25) is 0 Å². The van der Waals surface area contributed by atoms with Crippen molar-refractivity contribution in [1.29, 1.82) is 0 Å². The van der Waals surface area contributed by atoms with E-state index >= 15 is 0 Å². The Morgan fingerprint density at radius 2 is 1.65 bits per heavy atom. The Bertz CT molecular complexity index is 1010. The molecule has 11 nitrogen and oxygen atoms in total. The van der Waals surface area contributed by atoms with E-state index in [9.17, 15) is 29.3 Å². The highest BCUT2D eigenvalue weighted by atomic mass is 16.6. The number of carbonyl (C=O) groups excluding carboxylic acids is 4. The first-order chi connectivity index (χ1) is 14.7. The summed E-state index contributed by atoms with van der Waals surface area (Å²) in [6.07, 6.45) is -1.40. The highest BCUT2D eigenvalue weighted by molar-refractivity contribution is 6.03. The molecule has 0 saturated carbocycles. The van der Waals surface area contributed by atoms with E-state index in [4.69, 9.17) is 9.47 Å². The zero-order valence-electron chi connectivity index (χ0n) is 16.6. The number of hydrogen-bond donors (Lipinski definition) is 2. The monoisotopic (exact) mass is 429 g/mol. The largest absolute Gasteiger partial charge is 0.462 e. The van der Waals surface area contributed by atoms with Crippen LogP contribution in [0.3, 0.4) is 0 Å². The van der Waals surface area contributed by atoms with Gasteiger partial charge in [-0.05, 0) is 32.0 Å². The number of nitrogens with one attached hydrogen (secondary N) is 2. The fourth-order valence-electron chi connectivity index (χ4n) is 2.35. The number of nitrogens with zero attached hydrogens (tertiary/aromatic N) is 1. The number of amides is 3. The predicted molar refractivity (Wildman–Crippen MR) is 108 cm³/mol.